The van der Waals surface area contributed by atoms with Gasteiger partial charge in [-0.1, -0.05) is 236 Å². The Morgan fingerprint density at radius 3 is 1.39 bits per heavy atom. The van der Waals surface area contributed by atoms with Crippen LogP contribution in [-0.2, 0) is 14.3 Å². The van der Waals surface area contributed by atoms with E-state index in [4.69, 9.17) is 4.74 Å². The summed E-state index contributed by atoms with van der Waals surface area (Å²) in [4.78, 5) is 26.1. The summed E-state index contributed by atoms with van der Waals surface area (Å²) < 4.78 is 5.91. The molecule has 0 aliphatic carbocycles. The average Bonchev–Trinajstić information content (AvgIpc) is 3.26. The fraction of sp³-hybridized carbons (Fsp3) is 0.786. The minimum absolute atomic E-state index is 0.0503. The fourth-order valence-electron chi connectivity index (χ4n) is 7.91. The van der Waals surface area contributed by atoms with Crippen LogP contribution in [-0.4, -0.2) is 46.9 Å². The Bertz CT molecular complexity index is 1110. The molecule has 360 valence electrons. The van der Waals surface area contributed by atoms with Crippen LogP contribution in [0, 0.1) is 0 Å². The van der Waals surface area contributed by atoms with Crippen molar-refractivity contribution in [2.24, 2.45) is 0 Å². The van der Waals surface area contributed by atoms with E-state index in [0.717, 1.165) is 83.5 Å². The second kappa shape index (κ2) is 49.6. The quantitative estimate of drug-likeness (QED) is 0.0245. The van der Waals surface area contributed by atoms with E-state index in [1.54, 1.807) is 0 Å². The zero-order valence-corrected chi connectivity index (χ0v) is 41.0. The number of aliphatic hydroxyl groups is 2. The number of esters is 1. The van der Waals surface area contributed by atoms with Gasteiger partial charge in [0.05, 0.1) is 25.2 Å². The average molecular weight is 868 g/mol. The number of unbranched alkanes of at least 4 members (excludes halogenated alkanes) is 28. The Kier molecular flexibility index (Phi) is 47.6. The lowest BCUT2D eigenvalue weighted by Crippen LogP contribution is -2.46. The van der Waals surface area contributed by atoms with Crippen LogP contribution in [0.1, 0.15) is 258 Å². The monoisotopic (exact) mass is 868 g/mol. The molecule has 62 heavy (non-hydrogen) atoms. The molecule has 0 rings (SSSR count). The highest BCUT2D eigenvalue weighted by Gasteiger charge is 2.24. The topological polar surface area (TPSA) is 95.9 Å². The normalized spacial score (nSPS) is 13.7. The fourth-order valence-corrected chi connectivity index (χ4v) is 7.91. The standard InChI is InChI=1S/C56H101NO5/c1-4-7-10-13-16-19-22-25-27-28-31-33-36-39-42-45-48-54(59)53(51-58)57-55(60)50-52(47-44-41-38-35-32-30-26-23-20-17-14-11-8-5-2)62-56(61)49-46-43-40-37-34-29-24-21-18-15-12-9-6-3/h9,12,15,18,21,24,29-30,32,34,52-54,58-59H,4-8,10-11,13-14,16-17,19-20,22-23,25-28,31,33,35-51H2,1-3H3,(H,57,60)/b12-9+,18-15+,24-21-,32-30+,34-29-. The van der Waals surface area contributed by atoms with Crippen molar-refractivity contribution in [3.63, 3.8) is 0 Å². The molecule has 3 atom stereocenters. The van der Waals surface area contributed by atoms with E-state index in [1.807, 2.05) is 24.3 Å². The number of carbonyl (C=O) groups is 2. The van der Waals surface area contributed by atoms with E-state index in [2.05, 4.69) is 62.5 Å². The van der Waals surface area contributed by atoms with Crippen molar-refractivity contribution < 1.29 is 24.5 Å². The van der Waals surface area contributed by atoms with Crippen LogP contribution < -0.4 is 5.32 Å². The highest BCUT2D eigenvalue weighted by Crippen LogP contribution is 2.18. The third-order valence-electron chi connectivity index (χ3n) is 11.9. The van der Waals surface area contributed by atoms with Crippen LogP contribution in [0.4, 0.5) is 0 Å². The van der Waals surface area contributed by atoms with Crippen molar-refractivity contribution in [1.29, 1.82) is 0 Å². The van der Waals surface area contributed by atoms with Gasteiger partial charge in [-0.3, -0.25) is 9.59 Å². The molecule has 0 aromatic carbocycles. The number of nitrogens with one attached hydrogen (secondary N) is 1. The summed E-state index contributed by atoms with van der Waals surface area (Å²) in [5, 5.41) is 23.8. The first-order valence-corrected chi connectivity index (χ1v) is 26.6. The molecule has 0 fully saturated rings. The number of ether oxygens (including phenoxy) is 1. The van der Waals surface area contributed by atoms with Gasteiger partial charge < -0.3 is 20.3 Å². The third kappa shape index (κ3) is 44.2. The molecular weight excluding hydrogens is 767 g/mol. The number of aliphatic hydroxyl groups excluding tert-OH is 2. The molecule has 0 saturated heterocycles. The molecule has 0 spiro atoms. The molecule has 6 nitrogen and oxygen atoms in total. The first-order chi connectivity index (χ1) is 30.5. The van der Waals surface area contributed by atoms with Gasteiger partial charge in [-0.2, -0.15) is 0 Å². The molecule has 0 aliphatic heterocycles. The number of amides is 1. The van der Waals surface area contributed by atoms with Crippen LogP contribution in [0.2, 0.25) is 0 Å². The molecule has 0 bridgehead atoms. The minimum atomic E-state index is -0.800. The van der Waals surface area contributed by atoms with Gasteiger partial charge in [0.1, 0.15) is 6.10 Å². The van der Waals surface area contributed by atoms with Crippen molar-refractivity contribution in [1.82, 2.24) is 5.32 Å². The maximum absolute atomic E-state index is 13.2. The zero-order valence-electron chi connectivity index (χ0n) is 41.0. The van der Waals surface area contributed by atoms with Crippen molar-refractivity contribution in [2.75, 3.05) is 6.61 Å². The van der Waals surface area contributed by atoms with Crippen LogP contribution in [0.5, 0.6) is 0 Å². The number of allylic oxidation sites excluding steroid dienone is 10. The van der Waals surface area contributed by atoms with Gasteiger partial charge in [0.2, 0.25) is 5.91 Å². The van der Waals surface area contributed by atoms with Crippen molar-refractivity contribution in [3.8, 4) is 0 Å². The van der Waals surface area contributed by atoms with Gasteiger partial charge in [0, 0.05) is 6.42 Å². The Morgan fingerprint density at radius 2 is 0.887 bits per heavy atom. The van der Waals surface area contributed by atoms with Crippen LogP contribution in [0.15, 0.2) is 60.8 Å². The van der Waals surface area contributed by atoms with E-state index in [9.17, 15) is 19.8 Å². The number of rotatable bonds is 47. The Balaban J connectivity index is 4.61. The maximum atomic E-state index is 13.2. The Labute approximate surface area is 384 Å². The summed E-state index contributed by atoms with van der Waals surface area (Å²) in [7, 11) is 0. The lowest BCUT2D eigenvalue weighted by molar-refractivity contribution is -0.151. The Morgan fingerprint density at radius 1 is 0.484 bits per heavy atom. The van der Waals surface area contributed by atoms with Gasteiger partial charge >= 0.3 is 5.97 Å². The minimum Gasteiger partial charge on any atom is -0.462 e. The highest BCUT2D eigenvalue weighted by molar-refractivity contribution is 5.77. The first kappa shape index (κ1) is 59.6. The molecule has 0 aromatic heterocycles. The molecule has 0 heterocycles. The SMILES string of the molecule is CC/C=C/C=C/C=C\C=C/CCCCCC(=O)OC(CCCCC/C=C/CCCCCCCCC)CC(=O)NC(CO)C(O)CCCCCCCCCCCCCCCCCC. The molecule has 3 unspecified atom stereocenters. The molecule has 0 saturated carbocycles. The molecule has 0 aromatic rings. The largest absolute Gasteiger partial charge is 0.462 e. The van der Waals surface area contributed by atoms with Crippen LogP contribution in [0.25, 0.3) is 0 Å². The van der Waals surface area contributed by atoms with Gasteiger partial charge in [0.25, 0.3) is 0 Å². The summed E-state index contributed by atoms with van der Waals surface area (Å²) in [5.74, 6) is -0.532. The predicted molar refractivity (Wildman–Crippen MR) is 268 cm³/mol. The second-order valence-corrected chi connectivity index (χ2v) is 18.0. The van der Waals surface area contributed by atoms with Gasteiger partial charge in [0.15, 0.2) is 0 Å². The molecule has 0 aliphatic rings. The molecule has 3 N–H and O–H groups in total. The van der Waals surface area contributed by atoms with Crippen LogP contribution >= 0.6 is 0 Å². The van der Waals surface area contributed by atoms with E-state index in [-0.39, 0.29) is 24.9 Å². The molecule has 6 heteroatoms. The lowest BCUT2D eigenvalue weighted by atomic mass is 10.0. The van der Waals surface area contributed by atoms with Gasteiger partial charge in [-0.25, -0.2) is 0 Å². The van der Waals surface area contributed by atoms with Crippen molar-refractivity contribution in [2.45, 2.75) is 277 Å². The van der Waals surface area contributed by atoms with Gasteiger partial charge in [-0.05, 0) is 70.6 Å². The number of hydrogen-bond donors (Lipinski definition) is 3. The lowest BCUT2D eigenvalue weighted by Gasteiger charge is -2.24. The van der Waals surface area contributed by atoms with Crippen molar-refractivity contribution >= 4 is 11.9 Å². The Hall–Kier alpha value is -2.44. The van der Waals surface area contributed by atoms with Crippen molar-refractivity contribution in [3.05, 3.63) is 60.8 Å². The molecule has 0 radical (unpaired) electrons. The van der Waals surface area contributed by atoms with E-state index in [1.165, 1.54) is 128 Å². The second-order valence-electron chi connectivity index (χ2n) is 18.0. The van der Waals surface area contributed by atoms with E-state index >= 15 is 0 Å². The first-order valence-electron chi connectivity index (χ1n) is 26.6. The third-order valence-corrected chi connectivity index (χ3v) is 11.9. The summed E-state index contributed by atoms with van der Waals surface area (Å²) in [5.41, 5.74) is 0. The number of carbonyl (C=O) groups excluding carboxylic acids is 2. The molecular formula is C56H101NO5. The highest BCUT2D eigenvalue weighted by atomic mass is 16.5. The maximum Gasteiger partial charge on any atom is 0.306 e. The number of hydrogen-bond acceptors (Lipinski definition) is 5. The summed E-state index contributed by atoms with van der Waals surface area (Å²) >= 11 is 0. The summed E-state index contributed by atoms with van der Waals surface area (Å²) in [6.07, 6.45) is 61.4. The smallest absolute Gasteiger partial charge is 0.306 e. The van der Waals surface area contributed by atoms with Gasteiger partial charge in [-0.15, -0.1) is 0 Å². The van der Waals surface area contributed by atoms with Crippen LogP contribution in [0.3, 0.4) is 0 Å². The predicted octanol–water partition coefficient (Wildman–Crippen LogP) is 16.0. The molecule has 1 amide bonds. The summed E-state index contributed by atoms with van der Waals surface area (Å²) in [6.45, 7) is 6.34. The van der Waals surface area contributed by atoms with E-state index in [0.29, 0.717) is 19.3 Å². The summed E-state index contributed by atoms with van der Waals surface area (Å²) in [6, 6.07) is -0.716. The van der Waals surface area contributed by atoms with E-state index < -0.39 is 18.2 Å². The zero-order chi connectivity index (χ0) is 45.2.